The van der Waals surface area contributed by atoms with Crippen molar-refractivity contribution in [1.29, 1.82) is 0 Å². The summed E-state index contributed by atoms with van der Waals surface area (Å²) in [6.07, 6.45) is 29.1. The number of allylic oxidation sites excluding steroid dienone is 1. The molecule has 0 radical (unpaired) electrons. The van der Waals surface area contributed by atoms with Gasteiger partial charge >= 0.3 is 11.9 Å². The molecule has 1 rings (SSSR count). The van der Waals surface area contributed by atoms with Gasteiger partial charge in [-0.25, -0.2) is 0 Å². The molecule has 0 amide bonds. The highest BCUT2D eigenvalue weighted by Crippen LogP contribution is 2.35. The molecule has 1 unspecified atom stereocenters. The minimum absolute atomic E-state index is 0.211. The van der Waals surface area contributed by atoms with Crippen molar-refractivity contribution >= 4 is 57.1 Å². The third kappa shape index (κ3) is 16.6. The van der Waals surface area contributed by atoms with E-state index in [1.165, 1.54) is 132 Å². The number of rotatable bonds is 22. The number of carbonyl (C=O) groups excluding carboxylic acids is 2. The number of hydrogen-bond acceptors (Lipinski definition) is 3. The summed E-state index contributed by atoms with van der Waals surface area (Å²) in [5, 5.41) is 0. The first kappa shape index (κ1) is 31.4. The van der Waals surface area contributed by atoms with Crippen LogP contribution in [-0.2, 0) is 14.3 Å². The van der Waals surface area contributed by atoms with Gasteiger partial charge in [-0.3, -0.25) is 9.59 Å². The van der Waals surface area contributed by atoms with Crippen LogP contribution in [0.2, 0.25) is 0 Å². The molecule has 0 bridgehead atoms. The van der Waals surface area contributed by atoms with Crippen LogP contribution in [0.3, 0.4) is 0 Å². The van der Waals surface area contributed by atoms with E-state index in [-0.39, 0.29) is 24.3 Å². The Hall–Kier alpha value is 0.340. The van der Waals surface area contributed by atoms with Crippen molar-refractivity contribution in [1.82, 2.24) is 0 Å². The molecule has 0 aliphatic carbocycles. The maximum atomic E-state index is 11.7. The Morgan fingerprint density at radius 3 is 1.36 bits per heavy atom. The summed E-state index contributed by atoms with van der Waals surface area (Å²) in [7, 11) is 0. The molecule has 1 heterocycles. The van der Waals surface area contributed by atoms with Gasteiger partial charge in [-0.05, 0) is 58.0 Å². The van der Waals surface area contributed by atoms with Crippen LogP contribution in [0.15, 0.2) is 7.16 Å². The molecular formula is C28H48I2O3. The Morgan fingerprint density at radius 1 is 0.667 bits per heavy atom. The molecular weight excluding hydrogens is 638 g/mol. The minimum atomic E-state index is -0.387. The monoisotopic (exact) mass is 686 g/mol. The Labute approximate surface area is 231 Å². The normalized spacial score (nSPS) is 16.9. The lowest BCUT2D eigenvalue weighted by Gasteiger charge is -2.08. The fourth-order valence-electron chi connectivity index (χ4n) is 4.51. The fraction of sp³-hybridized carbons (Fsp3) is 0.857. The molecule has 33 heavy (non-hydrogen) atoms. The Balaban J connectivity index is 1.81. The standard InChI is InChI=1S/C28H48I2O3/c1-2-3-4-5-6-7-8-9-10-11-12-13-14-15-16-17-18-19-20-21-22-25(29)27(30)24-23-26(31)33-28(24)32/h24H,2-23H2,1H3. The zero-order valence-electron chi connectivity index (χ0n) is 21.1. The zero-order chi connectivity index (χ0) is 24.2. The van der Waals surface area contributed by atoms with Crippen LogP contribution < -0.4 is 0 Å². The number of esters is 2. The first-order valence-corrected chi connectivity index (χ1v) is 16.0. The molecule has 0 aromatic rings. The van der Waals surface area contributed by atoms with Crippen LogP contribution in [0.5, 0.6) is 0 Å². The summed E-state index contributed by atoms with van der Waals surface area (Å²) in [5.74, 6) is -1.11. The van der Waals surface area contributed by atoms with E-state index in [1.807, 2.05) is 0 Å². The van der Waals surface area contributed by atoms with E-state index in [1.54, 1.807) is 0 Å². The van der Waals surface area contributed by atoms with Gasteiger partial charge in [0.2, 0.25) is 0 Å². The number of hydrogen-bond donors (Lipinski definition) is 0. The van der Waals surface area contributed by atoms with E-state index in [9.17, 15) is 9.59 Å². The maximum Gasteiger partial charge on any atom is 0.322 e. The van der Waals surface area contributed by atoms with Crippen LogP contribution in [0.25, 0.3) is 0 Å². The van der Waals surface area contributed by atoms with Gasteiger partial charge in [0.05, 0.1) is 12.3 Å². The lowest BCUT2D eigenvalue weighted by molar-refractivity contribution is -0.152. The van der Waals surface area contributed by atoms with Crippen molar-refractivity contribution in [3.05, 3.63) is 7.16 Å². The summed E-state index contributed by atoms with van der Waals surface area (Å²) in [6, 6.07) is 0. The van der Waals surface area contributed by atoms with E-state index >= 15 is 0 Å². The molecule has 0 aromatic carbocycles. The van der Waals surface area contributed by atoms with Gasteiger partial charge in [-0.1, -0.05) is 129 Å². The van der Waals surface area contributed by atoms with Gasteiger partial charge in [0, 0.05) is 7.16 Å². The third-order valence-corrected chi connectivity index (χ3v) is 10.2. The van der Waals surface area contributed by atoms with Crippen LogP contribution in [-0.4, -0.2) is 11.9 Å². The van der Waals surface area contributed by atoms with Crippen molar-refractivity contribution in [2.45, 2.75) is 148 Å². The summed E-state index contributed by atoms with van der Waals surface area (Å²) in [6.45, 7) is 2.29. The van der Waals surface area contributed by atoms with Gasteiger partial charge in [0.15, 0.2) is 0 Å². The molecule has 3 nitrogen and oxygen atoms in total. The second kappa shape index (κ2) is 21.6. The molecule has 1 atom stereocenters. The van der Waals surface area contributed by atoms with Gasteiger partial charge in [0.1, 0.15) is 0 Å². The molecule has 192 valence electrons. The molecule has 5 heteroatoms. The van der Waals surface area contributed by atoms with Gasteiger partial charge in [-0.15, -0.1) is 0 Å². The number of cyclic esters (lactones) is 2. The van der Waals surface area contributed by atoms with Crippen LogP contribution in [0.4, 0.5) is 0 Å². The predicted molar refractivity (Wildman–Crippen MR) is 157 cm³/mol. The van der Waals surface area contributed by atoms with E-state index in [0.717, 1.165) is 10.0 Å². The molecule has 1 saturated heterocycles. The topological polar surface area (TPSA) is 43.4 Å². The molecule has 1 aliphatic heterocycles. The lowest BCUT2D eigenvalue weighted by Crippen LogP contribution is -2.08. The SMILES string of the molecule is CCCCCCCCCCCCCCCCCCCCCCC(I)=C(I)C1CC(=O)OC1=O. The molecule has 0 saturated carbocycles. The molecule has 1 fully saturated rings. The highest BCUT2D eigenvalue weighted by molar-refractivity contribution is 14.1. The quantitative estimate of drug-likeness (QED) is 0.0493. The maximum absolute atomic E-state index is 11.7. The number of halogens is 2. The van der Waals surface area contributed by atoms with Gasteiger partial charge in [-0.2, -0.15) is 0 Å². The first-order valence-electron chi connectivity index (χ1n) is 13.8. The number of carbonyl (C=O) groups is 2. The average Bonchev–Trinajstić information content (AvgIpc) is 3.14. The highest BCUT2D eigenvalue weighted by Gasteiger charge is 2.36. The van der Waals surface area contributed by atoms with Gasteiger partial charge in [0.25, 0.3) is 0 Å². The largest absolute Gasteiger partial charge is 0.393 e. The van der Waals surface area contributed by atoms with Crippen molar-refractivity contribution < 1.29 is 14.3 Å². The van der Waals surface area contributed by atoms with E-state index in [0.29, 0.717) is 0 Å². The predicted octanol–water partition coefficient (Wildman–Crippen LogP) is 10.4. The van der Waals surface area contributed by atoms with E-state index in [4.69, 9.17) is 0 Å². The van der Waals surface area contributed by atoms with Crippen molar-refractivity contribution in [3.8, 4) is 0 Å². The summed E-state index contributed by atoms with van der Waals surface area (Å²) >= 11 is 4.55. The summed E-state index contributed by atoms with van der Waals surface area (Å²) < 4.78 is 6.89. The van der Waals surface area contributed by atoms with Crippen LogP contribution >= 0.6 is 45.2 Å². The summed E-state index contributed by atoms with van der Waals surface area (Å²) in [4.78, 5) is 23.0. The van der Waals surface area contributed by atoms with E-state index in [2.05, 4.69) is 56.8 Å². The molecule has 0 spiro atoms. The van der Waals surface area contributed by atoms with E-state index < -0.39 is 0 Å². The smallest absolute Gasteiger partial charge is 0.322 e. The molecule has 1 aliphatic rings. The number of unbranched alkanes of at least 4 members (excludes halogenated alkanes) is 19. The minimum Gasteiger partial charge on any atom is -0.393 e. The second-order valence-corrected chi connectivity index (χ2v) is 12.2. The van der Waals surface area contributed by atoms with Gasteiger partial charge < -0.3 is 4.74 Å². The average molecular weight is 686 g/mol. The molecule has 0 aromatic heterocycles. The van der Waals surface area contributed by atoms with Crippen LogP contribution in [0.1, 0.15) is 148 Å². The van der Waals surface area contributed by atoms with Crippen molar-refractivity contribution in [2.24, 2.45) is 5.92 Å². The zero-order valence-corrected chi connectivity index (χ0v) is 25.4. The molecule has 0 N–H and O–H groups in total. The highest BCUT2D eigenvalue weighted by atomic mass is 127. The third-order valence-electron chi connectivity index (χ3n) is 6.68. The second-order valence-electron chi connectivity index (χ2n) is 9.77. The fourth-order valence-corrected chi connectivity index (χ4v) is 6.01. The number of ether oxygens (including phenoxy) is 1. The van der Waals surface area contributed by atoms with Crippen LogP contribution in [0, 0.1) is 5.92 Å². The Kier molecular flexibility index (Phi) is 20.5. The van der Waals surface area contributed by atoms with Crippen molar-refractivity contribution in [2.75, 3.05) is 0 Å². The first-order chi connectivity index (χ1) is 16.1. The van der Waals surface area contributed by atoms with Crippen molar-refractivity contribution in [3.63, 3.8) is 0 Å². The Morgan fingerprint density at radius 2 is 1.03 bits per heavy atom. The Bertz CT molecular complexity index is 559. The summed E-state index contributed by atoms with van der Waals surface area (Å²) in [5.41, 5.74) is 0. The lowest BCUT2D eigenvalue weighted by atomic mass is 10.0.